The van der Waals surface area contributed by atoms with Gasteiger partial charge in [0.25, 0.3) is 0 Å². The highest BCUT2D eigenvalue weighted by Crippen LogP contribution is 2.19. The molecule has 2 atom stereocenters. The van der Waals surface area contributed by atoms with Crippen molar-refractivity contribution in [1.29, 1.82) is 0 Å². The number of carbonyl (C=O) groups is 1. The number of hydrogen-bond acceptors (Lipinski definition) is 2. The highest BCUT2D eigenvalue weighted by Gasteiger charge is 2.29. The van der Waals surface area contributed by atoms with Gasteiger partial charge in [-0.1, -0.05) is 13.8 Å². The van der Waals surface area contributed by atoms with E-state index in [1.807, 2.05) is 20.8 Å². The average molecular weight is 185 g/mol. The lowest BCUT2D eigenvalue weighted by Gasteiger charge is -2.26. The summed E-state index contributed by atoms with van der Waals surface area (Å²) in [6, 6.07) is 0.306. The second-order valence-electron chi connectivity index (χ2n) is 4.25. The lowest BCUT2D eigenvalue weighted by Crippen LogP contribution is -2.39. The van der Waals surface area contributed by atoms with Gasteiger partial charge in [0.1, 0.15) is 0 Å². The molecule has 1 N–H and O–H groups in total. The summed E-state index contributed by atoms with van der Waals surface area (Å²) in [5.74, 6) is 0.410. The zero-order valence-corrected chi connectivity index (χ0v) is 8.66. The molecule has 0 aromatic heterocycles. The second kappa shape index (κ2) is 4.09. The number of β-amino-alcohol motifs (C(OH)–C–C–N with tert-alkyl or cyclic N) is 1. The first-order valence-corrected chi connectivity index (χ1v) is 5.00. The Hall–Kier alpha value is -0.570. The number of carbonyl (C=O) groups excluding carboxylic acids is 1. The fraction of sp³-hybridized carbons (Fsp3) is 0.900. The minimum atomic E-state index is -0.385. The summed E-state index contributed by atoms with van der Waals surface area (Å²) in [5.41, 5.74) is 0. The van der Waals surface area contributed by atoms with Crippen LogP contribution in [0.15, 0.2) is 0 Å². The monoisotopic (exact) mass is 185 g/mol. The van der Waals surface area contributed by atoms with Gasteiger partial charge in [0, 0.05) is 19.0 Å². The molecule has 1 aliphatic heterocycles. The van der Waals surface area contributed by atoms with Crippen LogP contribution in [0.3, 0.4) is 0 Å². The number of nitrogens with zero attached hydrogens (tertiary/aromatic N) is 1. The van der Waals surface area contributed by atoms with Crippen LogP contribution in [0.5, 0.6) is 0 Å². The third-order valence-electron chi connectivity index (χ3n) is 2.78. The molecular weight excluding hydrogens is 166 g/mol. The van der Waals surface area contributed by atoms with E-state index in [1.54, 1.807) is 4.90 Å². The molecular formula is C10H19NO2. The largest absolute Gasteiger partial charge is 0.391 e. The Morgan fingerprint density at radius 3 is 2.62 bits per heavy atom. The quantitative estimate of drug-likeness (QED) is 0.713. The maximum Gasteiger partial charge on any atom is 0.222 e. The molecule has 1 amide bonds. The van der Waals surface area contributed by atoms with Crippen LogP contribution in [-0.2, 0) is 4.79 Å². The fourth-order valence-corrected chi connectivity index (χ4v) is 1.57. The van der Waals surface area contributed by atoms with Crippen LogP contribution in [0.1, 0.15) is 33.6 Å². The van der Waals surface area contributed by atoms with Crippen molar-refractivity contribution in [2.75, 3.05) is 6.54 Å². The molecule has 1 heterocycles. The van der Waals surface area contributed by atoms with Gasteiger partial charge < -0.3 is 10.0 Å². The Morgan fingerprint density at radius 2 is 2.23 bits per heavy atom. The lowest BCUT2D eigenvalue weighted by atomic mass is 10.1. The number of likely N-dealkylation sites (tertiary alicyclic amines) is 1. The molecule has 0 aliphatic carbocycles. The van der Waals surface area contributed by atoms with Gasteiger partial charge in [0.05, 0.1) is 6.10 Å². The van der Waals surface area contributed by atoms with E-state index in [0.717, 1.165) is 6.42 Å². The summed E-state index contributed by atoms with van der Waals surface area (Å²) in [6.45, 7) is 6.47. The van der Waals surface area contributed by atoms with E-state index < -0.39 is 0 Å². The van der Waals surface area contributed by atoms with Crippen molar-refractivity contribution in [3.8, 4) is 0 Å². The van der Waals surface area contributed by atoms with E-state index in [9.17, 15) is 9.90 Å². The SMILES string of the molecule is CC(C)C(O)CN1C(=O)CCC1C. The zero-order chi connectivity index (χ0) is 10.0. The minimum Gasteiger partial charge on any atom is -0.391 e. The number of aliphatic hydroxyl groups excluding tert-OH is 1. The Kier molecular flexibility index (Phi) is 3.31. The highest BCUT2D eigenvalue weighted by atomic mass is 16.3. The maximum atomic E-state index is 11.4. The lowest BCUT2D eigenvalue weighted by molar-refractivity contribution is -0.130. The Balaban J connectivity index is 2.47. The molecule has 0 spiro atoms. The second-order valence-corrected chi connectivity index (χ2v) is 4.25. The summed E-state index contributed by atoms with van der Waals surface area (Å²) in [7, 11) is 0. The van der Waals surface area contributed by atoms with Gasteiger partial charge in [-0.25, -0.2) is 0 Å². The topological polar surface area (TPSA) is 40.5 Å². The zero-order valence-electron chi connectivity index (χ0n) is 8.66. The van der Waals surface area contributed by atoms with Crippen molar-refractivity contribution in [2.45, 2.75) is 45.8 Å². The molecule has 1 aliphatic rings. The molecule has 3 heteroatoms. The smallest absolute Gasteiger partial charge is 0.222 e. The van der Waals surface area contributed by atoms with Crippen molar-refractivity contribution in [1.82, 2.24) is 4.90 Å². The first-order valence-electron chi connectivity index (χ1n) is 5.00. The van der Waals surface area contributed by atoms with Gasteiger partial charge in [-0.15, -0.1) is 0 Å². The summed E-state index contributed by atoms with van der Waals surface area (Å²) in [6.07, 6.45) is 1.19. The number of hydrogen-bond donors (Lipinski definition) is 1. The molecule has 1 rings (SSSR count). The number of aliphatic hydroxyl groups is 1. The van der Waals surface area contributed by atoms with Crippen LogP contribution < -0.4 is 0 Å². The van der Waals surface area contributed by atoms with Crippen LogP contribution in [-0.4, -0.2) is 34.6 Å². The predicted octanol–water partition coefficient (Wildman–Crippen LogP) is 1.01. The van der Waals surface area contributed by atoms with Crippen LogP contribution >= 0.6 is 0 Å². The predicted molar refractivity (Wildman–Crippen MR) is 51.3 cm³/mol. The molecule has 1 saturated heterocycles. The van der Waals surface area contributed by atoms with E-state index in [1.165, 1.54) is 0 Å². The molecule has 3 nitrogen and oxygen atoms in total. The molecule has 2 unspecified atom stereocenters. The molecule has 0 bridgehead atoms. The fourth-order valence-electron chi connectivity index (χ4n) is 1.57. The summed E-state index contributed by atoms with van der Waals surface area (Å²) >= 11 is 0. The Morgan fingerprint density at radius 1 is 1.62 bits per heavy atom. The van der Waals surface area contributed by atoms with Crippen molar-refractivity contribution < 1.29 is 9.90 Å². The van der Waals surface area contributed by atoms with E-state index in [0.29, 0.717) is 19.0 Å². The van der Waals surface area contributed by atoms with Gasteiger partial charge in [0.2, 0.25) is 5.91 Å². The summed E-state index contributed by atoms with van der Waals surface area (Å²) in [4.78, 5) is 13.2. The van der Waals surface area contributed by atoms with Gasteiger partial charge >= 0.3 is 0 Å². The maximum absolute atomic E-state index is 11.4. The van der Waals surface area contributed by atoms with Crippen LogP contribution in [0.25, 0.3) is 0 Å². The van der Waals surface area contributed by atoms with E-state index in [-0.39, 0.29) is 17.9 Å². The van der Waals surface area contributed by atoms with E-state index in [2.05, 4.69) is 0 Å². The van der Waals surface area contributed by atoms with Gasteiger partial charge in [-0.3, -0.25) is 4.79 Å². The van der Waals surface area contributed by atoms with Crippen molar-refractivity contribution in [3.05, 3.63) is 0 Å². The van der Waals surface area contributed by atoms with Gasteiger partial charge in [-0.05, 0) is 19.3 Å². The van der Waals surface area contributed by atoms with Crippen molar-refractivity contribution >= 4 is 5.91 Å². The third kappa shape index (κ3) is 2.44. The molecule has 76 valence electrons. The molecule has 13 heavy (non-hydrogen) atoms. The van der Waals surface area contributed by atoms with E-state index >= 15 is 0 Å². The number of amides is 1. The van der Waals surface area contributed by atoms with Crippen LogP contribution in [0.4, 0.5) is 0 Å². The first-order chi connectivity index (χ1) is 6.02. The molecule has 0 radical (unpaired) electrons. The average Bonchev–Trinajstić information content (AvgIpc) is 2.35. The van der Waals surface area contributed by atoms with Crippen LogP contribution in [0, 0.1) is 5.92 Å². The standard InChI is InChI=1S/C10H19NO2/c1-7(2)9(12)6-11-8(3)4-5-10(11)13/h7-9,12H,4-6H2,1-3H3. The Labute approximate surface area is 79.7 Å². The minimum absolute atomic E-state index is 0.187. The van der Waals surface area contributed by atoms with Crippen molar-refractivity contribution in [2.24, 2.45) is 5.92 Å². The number of rotatable bonds is 3. The third-order valence-corrected chi connectivity index (χ3v) is 2.78. The van der Waals surface area contributed by atoms with Gasteiger partial charge in [-0.2, -0.15) is 0 Å². The summed E-state index contributed by atoms with van der Waals surface area (Å²) < 4.78 is 0. The van der Waals surface area contributed by atoms with Crippen molar-refractivity contribution in [3.63, 3.8) is 0 Å². The molecule has 0 aromatic rings. The first kappa shape index (κ1) is 10.5. The van der Waals surface area contributed by atoms with Gasteiger partial charge in [0.15, 0.2) is 0 Å². The molecule has 0 saturated carbocycles. The normalized spacial score (nSPS) is 25.8. The Bertz CT molecular complexity index is 191. The summed E-state index contributed by atoms with van der Waals surface area (Å²) in [5, 5.41) is 9.63. The highest BCUT2D eigenvalue weighted by molar-refractivity contribution is 5.78. The van der Waals surface area contributed by atoms with E-state index in [4.69, 9.17) is 0 Å². The molecule has 0 aromatic carbocycles. The van der Waals surface area contributed by atoms with Crippen LogP contribution in [0.2, 0.25) is 0 Å². The molecule has 1 fully saturated rings.